The van der Waals surface area contributed by atoms with E-state index in [1.165, 1.54) is 6.42 Å². The monoisotopic (exact) mass is 268 g/mol. The van der Waals surface area contributed by atoms with Crippen molar-refractivity contribution in [3.63, 3.8) is 0 Å². The summed E-state index contributed by atoms with van der Waals surface area (Å²) in [5.74, 6) is 2.55. The molecule has 0 saturated heterocycles. The third-order valence-electron chi connectivity index (χ3n) is 2.03. The molecule has 5 heteroatoms. The molecular weight excluding hydrogens is 244 g/mol. The summed E-state index contributed by atoms with van der Waals surface area (Å²) in [4.78, 5) is 11.3. The standard InChI is InChI=1S/C11H24N2OS.ClH/c1-10(2)5-8-15-9-11(14)13-7-4-3-6-12;/h10H,3-9,12H2,1-2H3,(H,13,14);1H. The van der Waals surface area contributed by atoms with Gasteiger partial charge in [0.15, 0.2) is 0 Å². The van der Waals surface area contributed by atoms with E-state index >= 15 is 0 Å². The lowest BCUT2D eigenvalue weighted by Gasteiger charge is -2.05. The Morgan fingerprint density at radius 2 is 2.06 bits per heavy atom. The number of nitrogens with two attached hydrogens (primary N) is 1. The Bertz CT molecular complexity index is 168. The number of carbonyl (C=O) groups is 1. The van der Waals surface area contributed by atoms with Crippen molar-refractivity contribution >= 4 is 30.1 Å². The van der Waals surface area contributed by atoms with E-state index in [-0.39, 0.29) is 18.3 Å². The Morgan fingerprint density at radius 1 is 1.38 bits per heavy atom. The van der Waals surface area contributed by atoms with Gasteiger partial charge in [-0.1, -0.05) is 13.8 Å². The van der Waals surface area contributed by atoms with Crippen LogP contribution in [-0.2, 0) is 4.79 Å². The van der Waals surface area contributed by atoms with Gasteiger partial charge in [0.25, 0.3) is 0 Å². The average Bonchev–Trinajstić information content (AvgIpc) is 2.19. The molecule has 0 aliphatic heterocycles. The van der Waals surface area contributed by atoms with Gasteiger partial charge in [0.05, 0.1) is 5.75 Å². The Morgan fingerprint density at radius 3 is 2.62 bits per heavy atom. The van der Waals surface area contributed by atoms with Crippen molar-refractivity contribution in [2.24, 2.45) is 11.7 Å². The number of rotatable bonds is 9. The van der Waals surface area contributed by atoms with Crippen LogP contribution in [0.3, 0.4) is 0 Å². The van der Waals surface area contributed by atoms with E-state index in [1.807, 2.05) is 0 Å². The first kappa shape index (κ1) is 18.4. The Balaban J connectivity index is 0. The quantitative estimate of drug-likeness (QED) is 0.630. The maximum Gasteiger partial charge on any atom is 0.229 e. The van der Waals surface area contributed by atoms with Gasteiger partial charge in [-0.2, -0.15) is 11.8 Å². The van der Waals surface area contributed by atoms with Crippen LogP contribution in [0.1, 0.15) is 33.1 Å². The first-order valence-corrected chi connectivity index (χ1v) is 6.86. The molecule has 0 radical (unpaired) electrons. The molecule has 1 amide bonds. The molecule has 0 bridgehead atoms. The first-order valence-electron chi connectivity index (χ1n) is 5.71. The van der Waals surface area contributed by atoms with E-state index in [9.17, 15) is 4.79 Å². The van der Waals surface area contributed by atoms with Crippen LogP contribution < -0.4 is 11.1 Å². The normalized spacial score (nSPS) is 10.0. The van der Waals surface area contributed by atoms with E-state index in [2.05, 4.69) is 19.2 Å². The number of thioether (sulfide) groups is 1. The number of hydrogen-bond donors (Lipinski definition) is 2. The maximum atomic E-state index is 11.3. The van der Waals surface area contributed by atoms with Crippen molar-refractivity contribution in [3.05, 3.63) is 0 Å². The first-order chi connectivity index (χ1) is 7.16. The summed E-state index contributed by atoms with van der Waals surface area (Å²) in [6.45, 7) is 5.88. The summed E-state index contributed by atoms with van der Waals surface area (Å²) >= 11 is 1.72. The van der Waals surface area contributed by atoms with Crippen LogP contribution >= 0.6 is 24.2 Å². The van der Waals surface area contributed by atoms with E-state index in [1.54, 1.807) is 11.8 Å². The zero-order chi connectivity index (χ0) is 11.5. The summed E-state index contributed by atoms with van der Waals surface area (Å²) in [5.41, 5.74) is 5.36. The highest BCUT2D eigenvalue weighted by Crippen LogP contribution is 2.07. The zero-order valence-electron chi connectivity index (χ0n) is 10.3. The van der Waals surface area contributed by atoms with Crippen LogP contribution in [0.25, 0.3) is 0 Å². The summed E-state index contributed by atoms with van der Waals surface area (Å²) in [6.07, 6.45) is 3.16. The molecule has 0 spiro atoms. The summed E-state index contributed by atoms with van der Waals surface area (Å²) < 4.78 is 0. The summed E-state index contributed by atoms with van der Waals surface area (Å²) in [7, 11) is 0. The molecule has 0 aromatic heterocycles. The summed E-state index contributed by atoms with van der Waals surface area (Å²) in [6, 6.07) is 0. The molecule has 0 saturated carbocycles. The van der Waals surface area contributed by atoms with Gasteiger partial charge in [-0.3, -0.25) is 4.79 Å². The van der Waals surface area contributed by atoms with Crippen LogP contribution in [0.2, 0.25) is 0 Å². The lowest BCUT2D eigenvalue weighted by atomic mass is 10.2. The van der Waals surface area contributed by atoms with Crippen molar-refractivity contribution < 1.29 is 4.79 Å². The fourth-order valence-corrected chi connectivity index (χ4v) is 2.10. The van der Waals surface area contributed by atoms with Gasteiger partial charge in [0.2, 0.25) is 5.91 Å². The van der Waals surface area contributed by atoms with Crippen LogP contribution in [-0.4, -0.2) is 30.5 Å². The molecule has 0 aliphatic carbocycles. The lowest BCUT2D eigenvalue weighted by molar-refractivity contribution is -0.118. The predicted octanol–water partition coefficient (Wildman–Crippen LogP) is 2.04. The SMILES string of the molecule is CC(C)CCSCC(=O)NCCCCN.Cl. The average molecular weight is 269 g/mol. The van der Waals surface area contributed by atoms with Crippen molar-refractivity contribution in [1.29, 1.82) is 0 Å². The third kappa shape index (κ3) is 14.1. The largest absolute Gasteiger partial charge is 0.355 e. The Labute approximate surface area is 110 Å². The number of halogens is 1. The Hall–Kier alpha value is 0.0700. The molecular formula is C11H25ClN2OS. The molecule has 0 fully saturated rings. The second-order valence-electron chi connectivity index (χ2n) is 4.08. The van der Waals surface area contributed by atoms with E-state index in [0.717, 1.165) is 31.1 Å². The molecule has 0 unspecified atom stereocenters. The van der Waals surface area contributed by atoms with Gasteiger partial charge in [0.1, 0.15) is 0 Å². The fourth-order valence-electron chi connectivity index (χ4n) is 1.03. The molecule has 0 aromatic rings. The van der Waals surface area contributed by atoms with Crippen molar-refractivity contribution in [2.75, 3.05) is 24.6 Å². The molecule has 0 aromatic carbocycles. The number of unbranched alkanes of at least 4 members (excludes halogenated alkanes) is 1. The molecule has 0 atom stereocenters. The van der Waals surface area contributed by atoms with Crippen LogP contribution in [0.4, 0.5) is 0 Å². The van der Waals surface area contributed by atoms with E-state index < -0.39 is 0 Å². The zero-order valence-corrected chi connectivity index (χ0v) is 12.0. The smallest absolute Gasteiger partial charge is 0.229 e. The molecule has 3 nitrogen and oxygen atoms in total. The van der Waals surface area contributed by atoms with E-state index in [0.29, 0.717) is 12.3 Å². The van der Waals surface area contributed by atoms with Gasteiger partial charge in [0, 0.05) is 6.54 Å². The Kier molecular flexibility index (Phi) is 15.1. The van der Waals surface area contributed by atoms with Gasteiger partial charge in [-0.05, 0) is 37.5 Å². The van der Waals surface area contributed by atoms with Gasteiger partial charge < -0.3 is 11.1 Å². The van der Waals surface area contributed by atoms with Gasteiger partial charge in [-0.15, -0.1) is 12.4 Å². The van der Waals surface area contributed by atoms with Crippen LogP contribution in [0.15, 0.2) is 0 Å². The highest BCUT2D eigenvalue weighted by molar-refractivity contribution is 7.99. The van der Waals surface area contributed by atoms with Crippen molar-refractivity contribution in [1.82, 2.24) is 5.32 Å². The lowest BCUT2D eigenvalue weighted by Crippen LogP contribution is -2.26. The molecule has 0 heterocycles. The molecule has 98 valence electrons. The van der Waals surface area contributed by atoms with Crippen molar-refractivity contribution in [3.8, 4) is 0 Å². The topological polar surface area (TPSA) is 55.1 Å². The minimum Gasteiger partial charge on any atom is -0.355 e. The third-order valence-corrected chi connectivity index (χ3v) is 3.02. The number of hydrogen-bond acceptors (Lipinski definition) is 3. The highest BCUT2D eigenvalue weighted by atomic mass is 35.5. The predicted molar refractivity (Wildman–Crippen MR) is 75.3 cm³/mol. The van der Waals surface area contributed by atoms with Gasteiger partial charge >= 0.3 is 0 Å². The van der Waals surface area contributed by atoms with E-state index in [4.69, 9.17) is 5.73 Å². The van der Waals surface area contributed by atoms with Gasteiger partial charge in [-0.25, -0.2) is 0 Å². The van der Waals surface area contributed by atoms with Crippen molar-refractivity contribution in [2.45, 2.75) is 33.1 Å². The second-order valence-corrected chi connectivity index (χ2v) is 5.19. The minimum absolute atomic E-state index is 0. The highest BCUT2D eigenvalue weighted by Gasteiger charge is 2.01. The van der Waals surface area contributed by atoms with Crippen LogP contribution in [0.5, 0.6) is 0 Å². The van der Waals surface area contributed by atoms with Crippen LogP contribution in [0, 0.1) is 5.92 Å². The fraction of sp³-hybridized carbons (Fsp3) is 0.909. The molecule has 3 N–H and O–H groups in total. The second kappa shape index (κ2) is 13.1. The number of amides is 1. The maximum absolute atomic E-state index is 11.3. The molecule has 0 rings (SSSR count). The minimum atomic E-state index is 0. The molecule has 16 heavy (non-hydrogen) atoms. The number of carbonyl (C=O) groups excluding carboxylic acids is 1. The summed E-state index contributed by atoms with van der Waals surface area (Å²) in [5, 5.41) is 2.89. The molecule has 0 aliphatic rings. The number of nitrogens with one attached hydrogen (secondary N) is 1.